The second kappa shape index (κ2) is 12.5. The maximum atomic E-state index is 11.6. The number of hydrogen-bond acceptors (Lipinski definition) is 6. The second-order valence-electron chi connectivity index (χ2n) is 8.00. The summed E-state index contributed by atoms with van der Waals surface area (Å²) in [5.41, 5.74) is 10.4. The molecule has 1 saturated heterocycles. The molecule has 5 N–H and O–H groups in total. The van der Waals surface area contributed by atoms with Crippen LogP contribution >= 0.6 is 0 Å². The third-order valence-electron chi connectivity index (χ3n) is 5.64. The summed E-state index contributed by atoms with van der Waals surface area (Å²) >= 11 is 0. The number of nitrogens with one attached hydrogen (secondary N) is 3. The molecule has 0 spiro atoms. The zero-order valence-electron chi connectivity index (χ0n) is 20.1. The van der Waals surface area contributed by atoms with E-state index >= 15 is 0 Å². The quantitative estimate of drug-likeness (QED) is 0.424. The predicted molar refractivity (Wildman–Crippen MR) is 143 cm³/mol. The van der Waals surface area contributed by atoms with Crippen molar-refractivity contribution in [1.29, 1.82) is 0 Å². The van der Waals surface area contributed by atoms with Crippen LogP contribution in [-0.4, -0.2) is 56.4 Å². The highest BCUT2D eigenvalue weighted by molar-refractivity contribution is 5.89. The normalized spacial score (nSPS) is 14.8. The Balaban J connectivity index is 1.49. The molecule has 3 rings (SSSR count). The molecule has 1 aliphatic heterocycles. The molecule has 0 saturated carbocycles. The number of benzene rings is 2. The monoisotopic (exact) mass is 461 g/mol. The molecule has 0 aliphatic carbocycles. The van der Waals surface area contributed by atoms with Gasteiger partial charge in [-0.1, -0.05) is 25.6 Å². The Hall–Kier alpha value is -3.78. The fourth-order valence-corrected chi connectivity index (χ4v) is 3.66. The number of piperazine rings is 1. The third kappa shape index (κ3) is 7.38. The standard InChI is InChI=1S/C26H35N7O/c1-4-28-26(34)31-23-8-6-21(7-9-23)25(27)14-15-29-20(3)30-22-10-12-24(13-11-22)33-18-16-32(5-2)17-19-33/h6-15,30H,3-5,16-19,27H2,1-2H3,(H2,28,31,34)/b25-14-,29-15-. The average Bonchev–Trinajstić information content (AvgIpc) is 2.85. The summed E-state index contributed by atoms with van der Waals surface area (Å²) in [5.74, 6) is 0.523. The highest BCUT2D eigenvalue weighted by Gasteiger charge is 2.15. The van der Waals surface area contributed by atoms with Crippen LogP contribution in [-0.2, 0) is 0 Å². The van der Waals surface area contributed by atoms with Crippen LogP contribution in [0.15, 0.2) is 72.0 Å². The molecular weight excluding hydrogens is 426 g/mol. The molecule has 1 heterocycles. The fraction of sp³-hybridized carbons (Fsp3) is 0.308. The van der Waals surface area contributed by atoms with Crippen molar-refractivity contribution in [2.24, 2.45) is 10.7 Å². The van der Waals surface area contributed by atoms with Gasteiger partial charge in [-0.25, -0.2) is 9.79 Å². The summed E-state index contributed by atoms with van der Waals surface area (Å²) in [6.07, 6.45) is 3.34. The van der Waals surface area contributed by atoms with E-state index in [1.807, 2.05) is 31.2 Å². The smallest absolute Gasteiger partial charge is 0.319 e. The number of likely N-dealkylation sites (N-methyl/N-ethyl adjacent to an activating group) is 1. The van der Waals surface area contributed by atoms with Crippen LogP contribution < -0.4 is 26.6 Å². The van der Waals surface area contributed by atoms with Gasteiger partial charge in [-0.15, -0.1) is 0 Å². The van der Waals surface area contributed by atoms with Gasteiger partial charge in [0.05, 0.1) is 0 Å². The molecule has 8 nitrogen and oxygen atoms in total. The number of nitrogens with zero attached hydrogens (tertiary/aromatic N) is 3. The van der Waals surface area contributed by atoms with E-state index in [1.165, 1.54) is 5.69 Å². The summed E-state index contributed by atoms with van der Waals surface area (Å²) in [7, 11) is 0. The lowest BCUT2D eigenvalue weighted by Crippen LogP contribution is -2.46. The molecule has 180 valence electrons. The van der Waals surface area contributed by atoms with E-state index in [1.54, 1.807) is 24.4 Å². The van der Waals surface area contributed by atoms with Crippen LogP contribution in [0.2, 0.25) is 0 Å². The zero-order valence-corrected chi connectivity index (χ0v) is 20.1. The molecule has 1 fully saturated rings. The first kappa shape index (κ1) is 24.9. The van der Waals surface area contributed by atoms with Crippen molar-refractivity contribution < 1.29 is 4.79 Å². The molecule has 2 aromatic rings. The molecule has 2 aromatic carbocycles. The molecule has 34 heavy (non-hydrogen) atoms. The number of hydrogen-bond donors (Lipinski definition) is 4. The molecule has 0 bridgehead atoms. The number of nitrogens with two attached hydrogens (primary N) is 1. The lowest BCUT2D eigenvalue weighted by molar-refractivity contribution is 0.252. The minimum atomic E-state index is -0.235. The lowest BCUT2D eigenvalue weighted by Gasteiger charge is -2.35. The van der Waals surface area contributed by atoms with E-state index in [4.69, 9.17) is 5.73 Å². The summed E-state index contributed by atoms with van der Waals surface area (Å²) in [6, 6.07) is 15.4. The minimum Gasteiger partial charge on any atom is -0.398 e. The van der Waals surface area contributed by atoms with Gasteiger partial charge in [-0.3, -0.25) is 0 Å². The number of allylic oxidation sites excluding steroid dienone is 1. The van der Waals surface area contributed by atoms with Gasteiger partial charge < -0.3 is 31.5 Å². The number of aliphatic imine (C=N–C) groups is 1. The Morgan fingerprint density at radius 1 is 1.00 bits per heavy atom. The van der Waals surface area contributed by atoms with Crippen molar-refractivity contribution >= 4 is 35.0 Å². The molecule has 0 radical (unpaired) electrons. The molecular formula is C26H35N7O. The maximum absolute atomic E-state index is 11.6. The predicted octanol–water partition coefficient (Wildman–Crippen LogP) is 3.92. The van der Waals surface area contributed by atoms with Crippen LogP contribution in [0.4, 0.5) is 21.9 Å². The van der Waals surface area contributed by atoms with E-state index in [0.29, 0.717) is 23.8 Å². The van der Waals surface area contributed by atoms with Crippen LogP contribution in [0.25, 0.3) is 5.70 Å². The van der Waals surface area contributed by atoms with Gasteiger partial charge in [-0.2, -0.15) is 0 Å². The summed E-state index contributed by atoms with van der Waals surface area (Å²) in [6.45, 7) is 14.0. The number of anilines is 3. The fourth-order valence-electron chi connectivity index (χ4n) is 3.66. The maximum Gasteiger partial charge on any atom is 0.319 e. The van der Waals surface area contributed by atoms with E-state index < -0.39 is 0 Å². The topological polar surface area (TPSA) is 98.0 Å². The van der Waals surface area contributed by atoms with Gasteiger partial charge in [0.15, 0.2) is 0 Å². The first-order valence-corrected chi connectivity index (χ1v) is 11.7. The van der Waals surface area contributed by atoms with Gasteiger partial charge in [0.1, 0.15) is 5.82 Å². The highest BCUT2D eigenvalue weighted by Crippen LogP contribution is 2.20. The van der Waals surface area contributed by atoms with E-state index in [2.05, 4.69) is 56.4 Å². The number of carbonyl (C=O) groups excluding carboxylic acids is 1. The Kier molecular flexibility index (Phi) is 9.11. The number of urea groups is 1. The van der Waals surface area contributed by atoms with Crippen molar-refractivity contribution in [1.82, 2.24) is 10.2 Å². The highest BCUT2D eigenvalue weighted by atomic mass is 16.2. The second-order valence-corrected chi connectivity index (χ2v) is 8.00. The van der Waals surface area contributed by atoms with Gasteiger partial charge >= 0.3 is 6.03 Å². The molecule has 0 unspecified atom stereocenters. The number of carbonyl (C=O) groups is 1. The van der Waals surface area contributed by atoms with Crippen molar-refractivity contribution in [3.63, 3.8) is 0 Å². The number of rotatable bonds is 9. The lowest BCUT2D eigenvalue weighted by atomic mass is 10.1. The van der Waals surface area contributed by atoms with Gasteiger partial charge in [0.25, 0.3) is 0 Å². The van der Waals surface area contributed by atoms with Crippen LogP contribution in [0.5, 0.6) is 0 Å². The largest absolute Gasteiger partial charge is 0.398 e. The summed E-state index contributed by atoms with van der Waals surface area (Å²) in [5, 5.41) is 8.64. The van der Waals surface area contributed by atoms with Gasteiger partial charge in [0, 0.05) is 61.7 Å². The Morgan fingerprint density at radius 3 is 2.24 bits per heavy atom. The first-order valence-electron chi connectivity index (χ1n) is 11.7. The zero-order chi connectivity index (χ0) is 24.3. The molecule has 1 aliphatic rings. The summed E-state index contributed by atoms with van der Waals surface area (Å²) < 4.78 is 0. The van der Waals surface area contributed by atoms with Gasteiger partial charge in [0.2, 0.25) is 0 Å². The molecule has 8 heteroatoms. The van der Waals surface area contributed by atoms with Crippen molar-refractivity contribution in [3.05, 3.63) is 72.6 Å². The Bertz CT molecular complexity index is 1000. The Morgan fingerprint density at radius 2 is 1.62 bits per heavy atom. The molecule has 0 atom stereocenters. The van der Waals surface area contributed by atoms with Crippen molar-refractivity contribution in [3.8, 4) is 0 Å². The number of amides is 2. The average molecular weight is 462 g/mol. The Labute approximate surface area is 202 Å². The van der Waals surface area contributed by atoms with E-state index in [-0.39, 0.29) is 6.03 Å². The van der Waals surface area contributed by atoms with Crippen molar-refractivity contribution in [2.45, 2.75) is 13.8 Å². The first-order chi connectivity index (χ1) is 16.5. The summed E-state index contributed by atoms with van der Waals surface area (Å²) in [4.78, 5) is 20.8. The minimum absolute atomic E-state index is 0.235. The van der Waals surface area contributed by atoms with Crippen molar-refractivity contribution in [2.75, 3.05) is 54.8 Å². The third-order valence-corrected chi connectivity index (χ3v) is 5.64. The molecule has 2 amide bonds. The molecule has 0 aromatic heterocycles. The van der Waals surface area contributed by atoms with Crippen LogP contribution in [0.3, 0.4) is 0 Å². The van der Waals surface area contributed by atoms with Crippen LogP contribution in [0, 0.1) is 0 Å². The SMILES string of the molecule is C=C(/N=C\C=C(/N)c1ccc(NC(=O)NCC)cc1)Nc1ccc(N2CCN(CC)CC2)cc1. The van der Waals surface area contributed by atoms with Gasteiger partial charge in [-0.05, 0) is 61.5 Å². The van der Waals surface area contributed by atoms with E-state index in [0.717, 1.165) is 44.0 Å². The van der Waals surface area contributed by atoms with E-state index in [9.17, 15) is 4.79 Å². The van der Waals surface area contributed by atoms with Crippen LogP contribution in [0.1, 0.15) is 19.4 Å².